The minimum absolute atomic E-state index is 0.00930. The van der Waals surface area contributed by atoms with Crippen LogP contribution < -0.4 is 10.2 Å². The standard InChI is InChI=1S/C26H20F3N5O2/c1-30-24(35)19-12-16(34-13-20-17(25(34)36)9-6-10-21(20)26(27,28)29)11-18(15-7-4-3-5-8-15)22(19)23-32-31-14-33(23)2/h3-12,14H,13H2,1-2H3,(H,30,35). The number of rotatable bonds is 4. The fourth-order valence-corrected chi connectivity index (χ4v) is 4.50. The molecule has 10 heteroatoms. The molecule has 0 radical (unpaired) electrons. The van der Waals surface area contributed by atoms with Crippen molar-refractivity contribution in [3.05, 3.63) is 89.2 Å². The molecule has 182 valence electrons. The van der Waals surface area contributed by atoms with Gasteiger partial charge >= 0.3 is 6.18 Å². The third-order valence-electron chi connectivity index (χ3n) is 6.20. The van der Waals surface area contributed by atoms with Gasteiger partial charge < -0.3 is 14.8 Å². The van der Waals surface area contributed by atoms with Crippen LogP contribution in [0.15, 0.2) is 67.0 Å². The van der Waals surface area contributed by atoms with Crippen molar-refractivity contribution in [3.63, 3.8) is 0 Å². The van der Waals surface area contributed by atoms with Crippen molar-refractivity contribution < 1.29 is 22.8 Å². The molecule has 1 aliphatic heterocycles. The van der Waals surface area contributed by atoms with E-state index in [4.69, 9.17) is 0 Å². The molecule has 1 N–H and O–H groups in total. The molecule has 0 bridgehead atoms. The molecule has 7 nitrogen and oxygen atoms in total. The summed E-state index contributed by atoms with van der Waals surface area (Å²) >= 11 is 0. The van der Waals surface area contributed by atoms with Gasteiger partial charge in [-0.2, -0.15) is 13.2 Å². The molecule has 4 aromatic rings. The Morgan fingerprint density at radius 3 is 2.42 bits per heavy atom. The molecule has 1 aromatic heterocycles. The molecular weight excluding hydrogens is 471 g/mol. The number of hydrogen-bond donors (Lipinski definition) is 1. The minimum atomic E-state index is -4.60. The van der Waals surface area contributed by atoms with E-state index in [0.717, 1.165) is 11.6 Å². The number of nitrogens with zero attached hydrogens (tertiary/aromatic N) is 4. The van der Waals surface area contributed by atoms with E-state index in [1.165, 1.54) is 36.5 Å². The van der Waals surface area contributed by atoms with E-state index in [1.54, 1.807) is 17.7 Å². The summed E-state index contributed by atoms with van der Waals surface area (Å²) in [5.41, 5.74) is 1.38. The smallest absolute Gasteiger partial charge is 0.355 e. The molecule has 5 rings (SSSR count). The lowest BCUT2D eigenvalue weighted by molar-refractivity contribution is -0.138. The highest BCUT2D eigenvalue weighted by molar-refractivity contribution is 6.12. The molecule has 0 unspecified atom stereocenters. The van der Waals surface area contributed by atoms with Crippen LogP contribution in [0.1, 0.15) is 31.8 Å². The summed E-state index contributed by atoms with van der Waals surface area (Å²) < 4.78 is 42.6. The van der Waals surface area contributed by atoms with Crippen molar-refractivity contribution >= 4 is 17.5 Å². The predicted octanol–water partition coefficient (Wildman–Crippen LogP) is 4.69. The third kappa shape index (κ3) is 3.80. The van der Waals surface area contributed by atoms with E-state index >= 15 is 0 Å². The number of hydrogen-bond acceptors (Lipinski definition) is 4. The van der Waals surface area contributed by atoms with Crippen molar-refractivity contribution in [2.75, 3.05) is 11.9 Å². The molecule has 0 spiro atoms. The van der Waals surface area contributed by atoms with Crippen LogP contribution in [0.25, 0.3) is 22.5 Å². The first kappa shape index (κ1) is 23.3. The number of amides is 2. The van der Waals surface area contributed by atoms with E-state index in [-0.39, 0.29) is 23.2 Å². The van der Waals surface area contributed by atoms with Crippen molar-refractivity contribution in [1.82, 2.24) is 20.1 Å². The maximum Gasteiger partial charge on any atom is 0.416 e. The topological polar surface area (TPSA) is 80.1 Å². The lowest BCUT2D eigenvalue weighted by Crippen LogP contribution is -2.25. The normalized spacial score (nSPS) is 13.1. The fourth-order valence-electron chi connectivity index (χ4n) is 4.50. The van der Waals surface area contributed by atoms with Crippen LogP contribution in [0.3, 0.4) is 0 Å². The van der Waals surface area contributed by atoms with E-state index in [1.807, 2.05) is 30.3 Å². The van der Waals surface area contributed by atoms with E-state index in [9.17, 15) is 22.8 Å². The number of nitrogens with one attached hydrogen (secondary N) is 1. The lowest BCUT2D eigenvalue weighted by atomic mass is 9.93. The third-order valence-corrected chi connectivity index (χ3v) is 6.20. The minimum Gasteiger partial charge on any atom is -0.355 e. The molecule has 0 atom stereocenters. The Bertz CT molecular complexity index is 1500. The average molecular weight is 491 g/mol. The molecule has 0 fully saturated rings. The lowest BCUT2D eigenvalue weighted by Gasteiger charge is -2.22. The van der Waals surface area contributed by atoms with Gasteiger partial charge in [0.25, 0.3) is 11.8 Å². The maximum atomic E-state index is 13.7. The second kappa shape index (κ2) is 8.63. The second-order valence-electron chi connectivity index (χ2n) is 8.35. The number of aryl methyl sites for hydroxylation is 1. The zero-order valence-electron chi connectivity index (χ0n) is 19.3. The van der Waals surface area contributed by atoms with Crippen LogP contribution in [-0.4, -0.2) is 33.6 Å². The number of halogens is 3. The van der Waals surface area contributed by atoms with Gasteiger partial charge in [-0.25, -0.2) is 0 Å². The monoisotopic (exact) mass is 491 g/mol. The Hall–Kier alpha value is -4.47. The van der Waals surface area contributed by atoms with Gasteiger partial charge in [-0.05, 0) is 41.0 Å². The van der Waals surface area contributed by atoms with Crippen LogP contribution in [0.2, 0.25) is 0 Å². The summed E-state index contributed by atoms with van der Waals surface area (Å²) in [6, 6.07) is 16.0. The Kier molecular flexibility index (Phi) is 5.58. The van der Waals surface area contributed by atoms with Crippen molar-refractivity contribution in [2.45, 2.75) is 12.7 Å². The number of anilines is 1. The van der Waals surface area contributed by atoms with Gasteiger partial charge in [-0.15, -0.1) is 10.2 Å². The predicted molar refractivity (Wildman–Crippen MR) is 127 cm³/mol. The number of carbonyl (C=O) groups excluding carboxylic acids is 2. The molecule has 0 saturated carbocycles. The van der Waals surface area contributed by atoms with Crippen LogP contribution in [0.5, 0.6) is 0 Å². The highest BCUT2D eigenvalue weighted by Crippen LogP contribution is 2.42. The van der Waals surface area contributed by atoms with Gasteiger partial charge in [-0.3, -0.25) is 9.59 Å². The van der Waals surface area contributed by atoms with Gasteiger partial charge in [0.2, 0.25) is 0 Å². The fraction of sp³-hybridized carbons (Fsp3) is 0.154. The number of aromatic nitrogens is 3. The summed E-state index contributed by atoms with van der Waals surface area (Å²) in [4.78, 5) is 27.6. The molecule has 2 amide bonds. The first-order chi connectivity index (χ1) is 17.2. The molecule has 0 aliphatic carbocycles. The molecule has 0 saturated heterocycles. The summed E-state index contributed by atoms with van der Waals surface area (Å²) in [5.74, 6) is -0.578. The van der Waals surface area contributed by atoms with E-state index in [2.05, 4.69) is 15.5 Å². The highest BCUT2D eigenvalue weighted by Gasteiger charge is 2.40. The number of alkyl halides is 3. The number of benzene rings is 3. The van der Waals surface area contributed by atoms with Crippen LogP contribution in [0, 0.1) is 0 Å². The van der Waals surface area contributed by atoms with Crippen LogP contribution >= 0.6 is 0 Å². The largest absolute Gasteiger partial charge is 0.416 e. The first-order valence-electron chi connectivity index (χ1n) is 11.0. The maximum absolute atomic E-state index is 13.7. The Morgan fingerprint density at radius 2 is 1.78 bits per heavy atom. The quantitative estimate of drug-likeness (QED) is 0.449. The molecule has 3 aromatic carbocycles. The number of carbonyl (C=O) groups is 2. The van der Waals surface area contributed by atoms with Crippen molar-refractivity contribution in [3.8, 4) is 22.5 Å². The van der Waals surface area contributed by atoms with E-state index < -0.39 is 23.6 Å². The van der Waals surface area contributed by atoms with Crippen LogP contribution in [-0.2, 0) is 19.8 Å². The summed E-state index contributed by atoms with van der Waals surface area (Å²) in [5, 5.41) is 10.7. The van der Waals surface area contributed by atoms with E-state index in [0.29, 0.717) is 22.6 Å². The van der Waals surface area contributed by atoms with Gasteiger partial charge in [0.05, 0.1) is 17.7 Å². The van der Waals surface area contributed by atoms with Crippen molar-refractivity contribution in [2.24, 2.45) is 7.05 Å². The summed E-state index contributed by atoms with van der Waals surface area (Å²) in [6.45, 7) is -0.269. The van der Waals surface area contributed by atoms with Crippen LogP contribution in [0.4, 0.5) is 18.9 Å². The SMILES string of the molecule is CNC(=O)c1cc(N2Cc3c(cccc3C(F)(F)F)C2=O)cc(-c2ccccc2)c1-c1nncn1C. The zero-order valence-corrected chi connectivity index (χ0v) is 19.3. The molecular formula is C26H20F3N5O2. The summed E-state index contributed by atoms with van der Waals surface area (Å²) in [6.07, 6.45) is -3.09. The Labute approximate surface area is 204 Å². The molecule has 1 aliphatic rings. The Balaban J connectivity index is 1.75. The van der Waals surface area contributed by atoms with Gasteiger partial charge in [0.15, 0.2) is 5.82 Å². The second-order valence-corrected chi connectivity index (χ2v) is 8.35. The number of fused-ring (bicyclic) bond motifs is 1. The molecule has 2 heterocycles. The Morgan fingerprint density at radius 1 is 1.03 bits per heavy atom. The van der Waals surface area contributed by atoms with Crippen molar-refractivity contribution in [1.29, 1.82) is 0 Å². The first-order valence-corrected chi connectivity index (χ1v) is 11.0. The highest BCUT2D eigenvalue weighted by atomic mass is 19.4. The molecule has 36 heavy (non-hydrogen) atoms. The van der Waals surface area contributed by atoms with Gasteiger partial charge in [-0.1, -0.05) is 36.4 Å². The van der Waals surface area contributed by atoms with Gasteiger partial charge in [0.1, 0.15) is 6.33 Å². The zero-order chi connectivity index (χ0) is 25.6. The average Bonchev–Trinajstić information content (AvgIpc) is 3.45. The summed E-state index contributed by atoms with van der Waals surface area (Å²) in [7, 11) is 3.22. The van der Waals surface area contributed by atoms with Gasteiger partial charge in [0, 0.05) is 30.9 Å².